The Hall–Kier alpha value is -0.343. The second-order valence-electron chi connectivity index (χ2n) is 3.17. The van der Waals surface area contributed by atoms with Crippen LogP contribution in [0, 0.1) is 0 Å². The van der Waals surface area contributed by atoms with Crippen LogP contribution in [0.2, 0.25) is 19.6 Å². The predicted octanol–water partition coefficient (Wildman–Crippen LogP) is 2.58. The second-order valence-corrected chi connectivity index (χ2v) is 7.63. The number of hydrogen-bond acceptors (Lipinski definition) is 1. The van der Waals surface area contributed by atoms with E-state index in [1.54, 1.807) is 12.2 Å². The standard InChI is InChI=1S/C8H16OSi/c1-6-8(7-2)9-10(3,4)5/h6-8H,1-2H2,3-5H3. The third-order valence-corrected chi connectivity index (χ3v) is 1.93. The first-order valence-corrected chi connectivity index (χ1v) is 6.83. The van der Waals surface area contributed by atoms with Crippen LogP contribution in [0.25, 0.3) is 0 Å². The Morgan fingerprint density at radius 3 is 1.70 bits per heavy atom. The molecule has 58 valence electrons. The SMILES string of the molecule is C=CC(C=C)O[Si](C)(C)C. The van der Waals surface area contributed by atoms with Gasteiger partial charge in [0.1, 0.15) is 0 Å². The summed E-state index contributed by atoms with van der Waals surface area (Å²) in [7, 11) is -1.40. The molecule has 0 saturated carbocycles. The van der Waals surface area contributed by atoms with Crippen LogP contribution in [-0.2, 0) is 4.43 Å². The minimum atomic E-state index is -1.40. The van der Waals surface area contributed by atoms with Crippen molar-refractivity contribution in [2.24, 2.45) is 0 Å². The molecule has 0 aliphatic carbocycles. The van der Waals surface area contributed by atoms with Crippen LogP contribution in [0.1, 0.15) is 0 Å². The Kier molecular flexibility index (Phi) is 3.61. The minimum absolute atomic E-state index is 0.0340. The molecule has 1 nitrogen and oxygen atoms in total. The molecular weight excluding hydrogens is 140 g/mol. The van der Waals surface area contributed by atoms with Crippen molar-refractivity contribution < 1.29 is 4.43 Å². The second kappa shape index (κ2) is 3.74. The molecule has 0 aliphatic heterocycles. The monoisotopic (exact) mass is 156 g/mol. The highest BCUT2D eigenvalue weighted by atomic mass is 28.4. The fourth-order valence-electron chi connectivity index (χ4n) is 0.601. The number of hydrogen-bond donors (Lipinski definition) is 0. The van der Waals surface area contributed by atoms with Gasteiger partial charge in [0.2, 0.25) is 0 Å². The highest BCUT2D eigenvalue weighted by Gasteiger charge is 2.16. The topological polar surface area (TPSA) is 9.23 Å². The summed E-state index contributed by atoms with van der Waals surface area (Å²) in [6.45, 7) is 13.7. The van der Waals surface area contributed by atoms with Crippen LogP contribution >= 0.6 is 0 Å². The molecule has 0 aromatic heterocycles. The average Bonchev–Trinajstić information content (AvgIpc) is 1.81. The molecule has 0 radical (unpaired) electrons. The first-order chi connectivity index (χ1) is 4.49. The van der Waals surface area contributed by atoms with Crippen LogP contribution in [-0.4, -0.2) is 14.4 Å². The highest BCUT2D eigenvalue weighted by Crippen LogP contribution is 2.08. The van der Waals surface area contributed by atoms with Gasteiger partial charge in [-0.25, -0.2) is 0 Å². The van der Waals surface area contributed by atoms with Gasteiger partial charge < -0.3 is 4.43 Å². The molecule has 0 atom stereocenters. The van der Waals surface area contributed by atoms with Crippen molar-refractivity contribution in [3.05, 3.63) is 25.3 Å². The zero-order valence-corrected chi connectivity index (χ0v) is 8.05. The van der Waals surface area contributed by atoms with Crippen molar-refractivity contribution >= 4 is 8.32 Å². The van der Waals surface area contributed by atoms with Crippen molar-refractivity contribution in [3.63, 3.8) is 0 Å². The van der Waals surface area contributed by atoms with E-state index in [-0.39, 0.29) is 6.10 Å². The molecule has 0 unspecified atom stereocenters. The van der Waals surface area contributed by atoms with Crippen molar-refractivity contribution in [1.29, 1.82) is 0 Å². The molecule has 10 heavy (non-hydrogen) atoms. The van der Waals surface area contributed by atoms with Gasteiger partial charge in [-0.05, 0) is 19.6 Å². The lowest BCUT2D eigenvalue weighted by Crippen LogP contribution is -2.29. The summed E-state index contributed by atoms with van der Waals surface area (Å²) in [5, 5.41) is 0. The third kappa shape index (κ3) is 4.53. The van der Waals surface area contributed by atoms with Gasteiger partial charge in [0.05, 0.1) is 6.10 Å². The summed E-state index contributed by atoms with van der Waals surface area (Å²) < 4.78 is 5.64. The molecular formula is C8H16OSi. The van der Waals surface area contributed by atoms with E-state index < -0.39 is 8.32 Å². The van der Waals surface area contributed by atoms with Gasteiger partial charge in [-0.2, -0.15) is 0 Å². The van der Waals surface area contributed by atoms with Gasteiger partial charge in [0, 0.05) is 0 Å². The molecule has 0 amide bonds. The molecule has 0 aliphatic rings. The maximum Gasteiger partial charge on any atom is 0.184 e. The lowest BCUT2D eigenvalue weighted by molar-refractivity contribution is 0.290. The third-order valence-electron chi connectivity index (χ3n) is 0.954. The van der Waals surface area contributed by atoms with Crippen LogP contribution in [0.3, 0.4) is 0 Å². The number of rotatable bonds is 4. The smallest absolute Gasteiger partial charge is 0.184 e. The molecule has 0 aromatic rings. The van der Waals surface area contributed by atoms with E-state index >= 15 is 0 Å². The highest BCUT2D eigenvalue weighted by molar-refractivity contribution is 6.69. The maximum atomic E-state index is 5.64. The molecule has 0 aromatic carbocycles. The molecule has 0 saturated heterocycles. The summed E-state index contributed by atoms with van der Waals surface area (Å²) in [6.07, 6.45) is 3.57. The quantitative estimate of drug-likeness (QED) is 0.449. The molecule has 0 bridgehead atoms. The molecule has 0 spiro atoms. The van der Waals surface area contributed by atoms with Crippen molar-refractivity contribution in [2.45, 2.75) is 25.7 Å². The summed E-state index contributed by atoms with van der Waals surface area (Å²) in [4.78, 5) is 0. The normalized spacial score (nSPS) is 11.6. The Morgan fingerprint density at radius 1 is 1.20 bits per heavy atom. The molecule has 0 N–H and O–H groups in total. The van der Waals surface area contributed by atoms with Crippen LogP contribution < -0.4 is 0 Å². The zero-order chi connectivity index (χ0) is 8.20. The molecule has 0 fully saturated rings. The van der Waals surface area contributed by atoms with Gasteiger partial charge in [-0.3, -0.25) is 0 Å². The lowest BCUT2D eigenvalue weighted by atomic mass is 10.4. The van der Waals surface area contributed by atoms with Crippen LogP contribution in [0.15, 0.2) is 25.3 Å². The van der Waals surface area contributed by atoms with Gasteiger partial charge in [-0.1, -0.05) is 12.2 Å². The van der Waals surface area contributed by atoms with Crippen molar-refractivity contribution in [1.82, 2.24) is 0 Å². The van der Waals surface area contributed by atoms with Crippen molar-refractivity contribution in [2.75, 3.05) is 0 Å². The van der Waals surface area contributed by atoms with Gasteiger partial charge in [0.25, 0.3) is 0 Å². The Bertz CT molecular complexity index is 116. The van der Waals surface area contributed by atoms with E-state index in [0.717, 1.165) is 0 Å². The van der Waals surface area contributed by atoms with E-state index in [2.05, 4.69) is 32.8 Å². The largest absolute Gasteiger partial charge is 0.408 e. The fourth-order valence-corrected chi connectivity index (χ4v) is 1.61. The first kappa shape index (κ1) is 9.66. The summed E-state index contributed by atoms with van der Waals surface area (Å²) in [5.41, 5.74) is 0. The van der Waals surface area contributed by atoms with E-state index in [0.29, 0.717) is 0 Å². The van der Waals surface area contributed by atoms with Crippen molar-refractivity contribution in [3.8, 4) is 0 Å². The molecule has 0 heterocycles. The first-order valence-electron chi connectivity index (χ1n) is 3.42. The van der Waals surface area contributed by atoms with E-state index in [1.165, 1.54) is 0 Å². The van der Waals surface area contributed by atoms with Gasteiger partial charge >= 0.3 is 0 Å². The Morgan fingerprint density at radius 2 is 1.60 bits per heavy atom. The summed E-state index contributed by atoms with van der Waals surface area (Å²) in [6, 6.07) is 0. The van der Waals surface area contributed by atoms with E-state index in [9.17, 15) is 0 Å². The van der Waals surface area contributed by atoms with Crippen LogP contribution in [0.5, 0.6) is 0 Å². The van der Waals surface area contributed by atoms with Gasteiger partial charge in [0.15, 0.2) is 8.32 Å². The predicted molar refractivity (Wildman–Crippen MR) is 48.6 cm³/mol. The average molecular weight is 156 g/mol. The summed E-state index contributed by atoms with van der Waals surface area (Å²) >= 11 is 0. The maximum absolute atomic E-state index is 5.64. The fraction of sp³-hybridized carbons (Fsp3) is 0.500. The minimum Gasteiger partial charge on any atom is -0.408 e. The molecule has 2 heteroatoms. The zero-order valence-electron chi connectivity index (χ0n) is 7.05. The van der Waals surface area contributed by atoms with Gasteiger partial charge in [-0.15, -0.1) is 13.2 Å². The Labute approximate surface area is 64.5 Å². The van der Waals surface area contributed by atoms with Crippen LogP contribution in [0.4, 0.5) is 0 Å². The summed E-state index contributed by atoms with van der Waals surface area (Å²) in [5.74, 6) is 0. The Balaban J connectivity index is 3.85. The van der Waals surface area contributed by atoms with E-state index in [4.69, 9.17) is 4.43 Å². The van der Waals surface area contributed by atoms with E-state index in [1.807, 2.05) is 0 Å². The molecule has 0 rings (SSSR count). The lowest BCUT2D eigenvalue weighted by Gasteiger charge is -2.21.